The number of sulfonamides is 1. The standard InChI is InChI=1S/C15H24N2O2S2/c1-11-3-4-12(2)17(10-11)21(18,19)15-8-7-14(20-15)9-16-13-5-6-13/h7-8,11-13,16H,3-6,9-10H2,1-2H3. The van der Waals surface area contributed by atoms with E-state index in [4.69, 9.17) is 0 Å². The van der Waals surface area contributed by atoms with E-state index in [9.17, 15) is 8.42 Å². The Morgan fingerprint density at radius 1 is 1.24 bits per heavy atom. The van der Waals surface area contributed by atoms with Crippen molar-refractivity contribution in [3.8, 4) is 0 Å². The van der Waals surface area contributed by atoms with Crippen molar-refractivity contribution in [2.24, 2.45) is 5.92 Å². The molecule has 21 heavy (non-hydrogen) atoms. The van der Waals surface area contributed by atoms with Gasteiger partial charge in [-0.1, -0.05) is 6.92 Å². The number of thiophene rings is 1. The van der Waals surface area contributed by atoms with E-state index in [1.807, 2.05) is 13.0 Å². The van der Waals surface area contributed by atoms with Gasteiger partial charge in [-0.25, -0.2) is 8.42 Å². The summed E-state index contributed by atoms with van der Waals surface area (Å²) in [6.07, 6.45) is 4.58. The summed E-state index contributed by atoms with van der Waals surface area (Å²) in [7, 11) is -3.32. The second-order valence-corrected chi connectivity index (χ2v) is 9.77. The molecule has 118 valence electrons. The van der Waals surface area contributed by atoms with Crippen LogP contribution in [0.1, 0.15) is 44.4 Å². The van der Waals surface area contributed by atoms with Gasteiger partial charge in [0.1, 0.15) is 4.21 Å². The zero-order valence-corrected chi connectivity index (χ0v) is 14.3. The average Bonchev–Trinajstić information content (AvgIpc) is 3.15. The first-order chi connectivity index (χ1) is 9.96. The highest BCUT2D eigenvalue weighted by Crippen LogP contribution is 2.31. The normalized spacial score (nSPS) is 27.9. The molecule has 6 heteroatoms. The van der Waals surface area contributed by atoms with Gasteiger partial charge in [0.05, 0.1) is 0 Å². The van der Waals surface area contributed by atoms with Crippen LogP contribution in [-0.4, -0.2) is 31.4 Å². The Labute approximate surface area is 131 Å². The molecule has 2 heterocycles. The Bertz CT molecular complexity index is 593. The fourth-order valence-corrected chi connectivity index (χ4v) is 6.04. The molecular formula is C15H24N2O2S2. The maximum atomic E-state index is 12.8. The average molecular weight is 329 g/mol. The lowest BCUT2D eigenvalue weighted by Gasteiger charge is -2.35. The van der Waals surface area contributed by atoms with Gasteiger partial charge >= 0.3 is 0 Å². The fraction of sp³-hybridized carbons (Fsp3) is 0.733. The molecule has 0 aromatic carbocycles. The molecular weight excluding hydrogens is 304 g/mol. The van der Waals surface area contributed by atoms with Gasteiger partial charge in [0, 0.05) is 30.1 Å². The number of hydrogen-bond donors (Lipinski definition) is 1. The lowest BCUT2D eigenvalue weighted by molar-refractivity contribution is 0.218. The summed E-state index contributed by atoms with van der Waals surface area (Å²) < 4.78 is 27.8. The predicted molar refractivity (Wildman–Crippen MR) is 85.9 cm³/mol. The SMILES string of the molecule is CC1CCC(C)N(S(=O)(=O)c2ccc(CNC3CC3)s2)C1. The number of piperidine rings is 1. The van der Waals surface area contributed by atoms with Crippen LogP contribution < -0.4 is 5.32 Å². The number of nitrogens with zero attached hydrogens (tertiary/aromatic N) is 1. The van der Waals surface area contributed by atoms with Gasteiger partial charge in [-0.15, -0.1) is 11.3 Å². The molecule has 1 aromatic heterocycles. The molecule has 1 saturated heterocycles. The maximum absolute atomic E-state index is 12.8. The Hall–Kier alpha value is -0.430. The quantitative estimate of drug-likeness (QED) is 0.904. The van der Waals surface area contributed by atoms with E-state index < -0.39 is 10.0 Å². The fourth-order valence-electron chi connectivity index (χ4n) is 2.82. The molecule has 2 atom stereocenters. The van der Waals surface area contributed by atoms with Crippen molar-refractivity contribution < 1.29 is 8.42 Å². The minimum Gasteiger partial charge on any atom is -0.309 e. The molecule has 2 aliphatic rings. The molecule has 1 aromatic rings. The van der Waals surface area contributed by atoms with Crippen LogP contribution in [0.2, 0.25) is 0 Å². The number of nitrogens with one attached hydrogen (secondary N) is 1. The lowest BCUT2D eigenvalue weighted by atomic mass is 9.97. The third-order valence-corrected chi connectivity index (χ3v) is 7.94. The third-order valence-electron chi connectivity index (χ3n) is 4.40. The van der Waals surface area contributed by atoms with Gasteiger partial charge in [-0.3, -0.25) is 0 Å². The van der Waals surface area contributed by atoms with Gasteiger partial charge in [-0.05, 0) is 50.7 Å². The second-order valence-electron chi connectivity index (χ2n) is 6.48. The molecule has 1 saturated carbocycles. The third kappa shape index (κ3) is 3.50. The highest BCUT2D eigenvalue weighted by Gasteiger charge is 2.34. The highest BCUT2D eigenvalue weighted by atomic mass is 32.2. The Morgan fingerprint density at radius 2 is 2.00 bits per heavy atom. The van der Waals surface area contributed by atoms with Crippen LogP contribution in [0.5, 0.6) is 0 Å². The zero-order chi connectivity index (χ0) is 15.0. The molecule has 1 N–H and O–H groups in total. The van der Waals surface area contributed by atoms with E-state index in [-0.39, 0.29) is 6.04 Å². The van der Waals surface area contributed by atoms with Crippen LogP contribution in [-0.2, 0) is 16.6 Å². The van der Waals surface area contributed by atoms with Crippen LogP contribution in [0.3, 0.4) is 0 Å². The zero-order valence-electron chi connectivity index (χ0n) is 12.7. The maximum Gasteiger partial charge on any atom is 0.252 e. The number of hydrogen-bond acceptors (Lipinski definition) is 4. The van der Waals surface area contributed by atoms with E-state index in [1.54, 1.807) is 10.4 Å². The Balaban J connectivity index is 1.73. The minimum atomic E-state index is -3.32. The molecule has 0 radical (unpaired) electrons. The van der Waals surface area contributed by atoms with Crippen molar-refractivity contribution in [2.75, 3.05) is 6.54 Å². The molecule has 1 aliphatic carbocycles. The summed E-state index contributed by atoms with van der Waals surface area (Å²) in [6.45, 7) is 5.59. The van der Waals surface area contributed by atoms with Crippen molar-refractivity contribution in [3.05, 3.63) is 17.0 Å². The molecule has 2 unspecified atom stereocenters. The van der Waals surface area contributed by atoms with Crippen LogP contribution in [0.15, 0.2) is 16.3 Å². The van der Waals surface area contributed by atoms with Crippen molar-refractivity contribution in [3.63, 3.8) is 0 Å². The minimum absolute atomic E-state index is 0.112. The Kier molecular flexibility index (Phi) is 4.41. The Morgan fingerprint density at radius 3 is 2.71 bits per heavy atom. The van der Waals surface area contributed by atoms with E-state index in [2.05, 4.69) is 12.2 Å². The van der Waals surface area contributed by atoms with E-state index in [0.717, 1.165) is 24.3 Å². The molecule has 4 nitrogen and oxygen atoms in total. The largest absolute Gasteiger partial charge is 0.309 e. The van der Waals surface area contributed by atoms with Crippen LogP contribution in [0, 0.1) is 5.92 Å². The molecule has 0 bridgehead atoms. The lowest BCUT2D eigenvalue weighted by Crippen LogP contribution is -2.44. The van der Waals surface area contributed by atoms with Crippen molar-refractivity contribution in [1.82, 2.24) is 9.62 Å². The molecule has 0 amide bonds. The van der Waals surface area contributed by atoms with Gasteiger partial charge in [0.25, 0.3) is 10.0 Å². The topological polar surface area (TPSA) is 49.4 Å². The van der Waals surface area contributed by atoms with E-state index in [0.29, 0.717) is 22.7 Å². The molecule has 0 spiro atoms. The van der Waals surface area contributed by atoms with Gasteiger partial charge in [-0.2, -0.15) is 4.31 Å². The molecule has 2 fully saturated rings. The summed E-state index contributed by atoms with van der Waals surface area (Å²) in [5, 5.41) is 3.44. The van der Waals surface area contributed by atoms with Gasteiger partial charge < -0.3 is 5.32 Å². The van der Waals surface area contributed by atoms with Gasteiger partial charge in [0.15, 0.2) is 0 Å². The first kappa shape index (κ1) is 15.5. The first-order valence-electron chi connectivity index (χ1n) is 7.81. The smallest absolute Gasteiger partial charge is 0.252 e. The van der Waals surface area contributed by atoms with Crippen molar-refractivity contribution >= 4 is 21.4 Å². The van der Waals surface area contributed by atoms with Crippen molar-refractivity contribution in [2.45, 2.75) is 62.4 Å². The summed E-state index contributed by atoms with van der Waals surface area (Å²) in [5.41, 5.74) is 0. The van der Waals surface area contributed by atoms with Crippen LogP contribution in [0.4, 0.5) is 0 Å². The van der Waals surface area contributed by atoms with Crippen LogP contribution in [0.25, 0.3) is 0 Å². The van der Waals surface area contributed by atoms with E-state index >= 15 is 0 Å². The highest BCUT2D eigenvalue weighted by molar-refractivity contribution is 7.91. The summed E-state index contributed by atoms with van der Waals surface area (Å²) >= 11 is 1.41. The number of rotatable bonds is 5. The van der Waals surface area contributed by atoms with E-state index in [1.165, 1.54) is 24.2 Å². The molecule has 1 aliphatic heterocycles. The summed E-state index contributed by atoms with van der Waals surface area (Å²) in [5.74, 6) is 0.451. The summed E-state index contributed by atoms with van der Waals surface area (Å²) in [4.78, 5) is 1.11. The van der Waals surface area contributed by atoms with Crippen LogP contribution >= 0.6 is 11.3 Å². The monoisotopic (exact) mass is 328 g/mol. The molecule has 3 rings (SSSR count). The predicted octanol–water partition coefficient (Wildman–Crippen LogP) is 2.81. The second kappa shape index (κ2) is 5.99. The first-order valence-corrected chi connectivity index (χ1v) is 10.1. The van der Waals surface area contributed by atoms with Crippen molar-refractivity contribution in [1.29, 1.82) is 0 Å². The summed E-state index contributed by atoms with van der Waals surface area (Å²) in [6, 6.07) is 4.48. The van der Waals surface area contributed by atoms with Gasteiger partial charge in [0.2, 0.25) is 0 Å².